The second-order valence-electron chi connectivity index (χ2n) is 2.49. The summed E-state index contributed by atoms with van der Waals surface area (Å²) in [4.78, 5) is 0. The smallest absolute Gasteiger partial charge is 0.270 e. The lowest BCUT2D eigenvalue weighted by molar-refractivity contribution is 0.275. The standard InChI is InChI=1S/C7H10O3S/c1-2-4-7-5-3-6-10-11(7,8)9/h1,7H,3-6H2. The number of terminal acetylenes is 1. The third kappa shape index (κ3) is 1.95. The molecule has 0 aromatic rings. The molecule has 11 heavy (non-hydrogen) atoms. The topological polar surface area (TPSA) is 43.4 Å². The quantitative estimate of drug-likeness (QED) is 0.430. The van der Waals surface area contributed by atoms with Crippen molar-refractivity contribution in [2.75, 3.05) is 6.61 Å². The van der Waals surface area contributed by atoms with Gasteiger partial charge in [0.15, 0.2) is 0 Å². The summed E-state index contributed by atoms with van der Waals surface area (Å²) in [6, 6.07) is 0. The van der Waals surface area contributed by atoms with E-state index in [0.717, 1.165) is 6.42 Å². The molecule has 0 amide bonds. The zero-order valence-electron chi connectivity index (χ0n) is 6.12. The average Bonchev–Trinajstić information content (AvgIpc) is 1.94. The summed E-state index contributed by atoms with van der Waals surface area (Å²) in [7, 11) is -3.33. The summed E-state index contributed by atoms with van der Waals surface area (Å²) in [6.45, 7) is 0.309. The first-order chi connectivity index (χ1) is 5.17. The Morgan fingerprint density at radius 2 is 2.36 bits per heavy atom. The fourth-order valence-corrected chi connectivity index (χ4v) is 2.36. The van der Waals surface area contributed by atoms with E-state index in [1.807, 2.05) is 0 Å². The van der Waals surface area contributed by atoms with Gasteiger partial charge in [-0.3, -0.25) is 4.18 Å². The molecule has 1 atom stereocenters. The van der Waals surface area contributed by atoms with Crippen LogP contribution in [0.3, 0.4) is 0 Å². The van der Waals surface area contributed by atoms with Crippen LogP contribution in [0.2, 0.25) is 0 Å². The van der Waals surface area contributed by atoms with Crippen LogP contribution in [0.5, 0.6) is 0 Å². The van der Waals surface area contributed by atoms with E-state index < -0.39 is 15.4 Å². The van der Waals surface area contributed by atoms with Crippen molar-refractivity contribution in [1.29, 1.82) is 0 Å². The van der Waals surface area contributed by atoms with Crippen molar-refractivity contribution in [3.05, 3.63) is 0 Å². The highest BCUT2D eigenvalue weighted by Crippen LogP contribution is 2.19. The summed E-state index contributed by atoms with van der Waals surface area (Å²) in [6.07, 6.45) is 6.69. The van der Waals surface area contributed by atoms with E-state index in [4.69, 9.17) is 6.42 Å². The van der Waals surface area contributed by atoms with E-state index in [9.17, 15) is 8.42 Å². The van der Waals surface area contributed by atoms with E-state index in [2.05, 4.69) is 10.1 Å². The molecular formula is C7H10O3S. The molecule has 0 saturated carbocycles. The van der Waals surface area contributed by atoms with Crippen LogP contribution in [0.4, 0.5) is 0 Å². The van der Waals surface area contributed by atoms with Crippen molar-refractivity contribution in [3.63, 3.8) is 0 Å². The molecule has 0 N–H and O–H groups in total. The Morgan fingerprint density at radius 3 is 2.91 bits per heavy atom. The molecule has 1 rings (SSSR count). The van der Waals surface area contributed by atoms with Crippen molar-refractivity contribution in [1.82, 2.24) is 0 Å². The second-order valence-corrected chi connectivity index (χ2v) is 4.38. The van der Waals surface area contributed by atoms with E-state index in [-0.39, 0.29) is 6.42 Å². The second kappa shape index (κ2) is 3.24. The molecule has 0 aromatic carbocycles. The molecule has 62 valence electrons. The van der Waals surface area contributed by atoms with Crippen molar-refractivity contribution in [2.24, 2.45) is 0 Å². The monoisotopic (exact) mass is 174 g/mol. The van der Waals surface area contributed by atoms with Gasteiger partial charge >= 0.3 is 0 Å². The Kier molecular flexibility index (Phi) is 2.53. The third-order valence-corrected chi connectivity index (χ3v) is 3.39. The Labute approximate surface area is 66.9 Å². The van der Waals surface area contributed by atoms with Crippen LogP contribution >= 0.6 is 0 Å². The predicted octanol–water partition coefficient (Wildman–Crippen LogP) is 0.519. The van der Waals surface area contributed by atoms with E-state index in [1.54, 1.807) is 0 Å². The van der Waals surface area contributed by atoms with Gasteiger partial charge in [0.05, 0.1) is 11.9 Å². The van der Waals surface area contributed by atoms with Gasteiger partial charge in [-0.2, -0.15) is 8.42 Å². The van der Waals surface area contributed by atoms with Gasteiger partial charge in [-0.05, 0) is 12.8 Å². The van der Waals surface area contributed by atoms with Gasteiger partial charge < -0.3 is 0 Å². The fourth-order valence-electron chi connectivity index (χ4n) is 1.06. The first kappa shape index (κ1) is 8.57. The SMILES string of the molecule is C#CCC1CCCOS1(=O)=O. The third-order valence-electron chi connectivity index (χ3n) is 1.67. The summed E-state index contributed by atoms with van der Waals surface area (Å²) >= 11 is 0. The molecule has 1 aliphatic rings. The molecule has 0 bridgehead atoms. The minimum atomic E-state index is -3.33. The predicted molar refractivity (Wildman–Crippen MR) is 41.3 cm³/mol. The molecule has 1 aliphatic heterocycles. The maximum Gasteiger partial charge on any atom is 0.271 e. The first-order valence-corrected chi connectivity index (χ1v) is 4.95. The van der Waals surface area contributed by atoms with Gasteiger partial charge in [-0.1, -0.05) is 0 Å². The van der Waals surface area contributed by atoms with Crippen LogP contribution in [0.25, 0.3) is 0 Å². The zero-order chi connectivity index (χ0) is 8.32. The van der Waals surface area contributed by atoms with Crippen LogP contribution in [0, 0.1) is 12.3 Å². The molecule has 1 fully saturated rings. The Bertz CT molecular complexity index is 260. The lowest BCUT2D eigenvalue weighted by atomic mass is 10.2. The van der Waals surface area contributed by atoms with Crippen LogP contribution in [0.1, 0.15) is 19.3 Å². The van der Waals surface area contributed by atoms with Gasteiger partial charge in [0.25, 0.3) is 10.1 Å². The van der Waals surface area contributed by atoms with Crippen LogP contribution in [0.15, 0.2) is 0 Å². The van der Waals surface area contributed by atoms with Crippen LogP contribution in [-0.2, 0) is 14.3 Å². The minimum absolute atomic E-state index is 0.266. The fraction of sp³-hybridized carbons (Fsp3) is 0.714. The summed E-state index contributed by atoms with van der Waals surface area (Å²) in [5, 5.41) is -0.471. The highest BCUT2D eigenvalue weighted by molar-refractivity contribution is 7.87. The maximum atomic E-state index is 11.1. The van der Waals surface area contributed by atoms with Crippen molar-refractivity contribution in [3.8, 4) is 12.3 Å². The summed E-state index contributed by atoms with van der Waals surface area (Å²) in [5.74, 6) is 2.33. The van der Waals surface area contributed by atoms with Gasteiger partial charge in [0.2, 0.25) is 0 Å². The van der Waals surface area contributed by atoms with E-state index in [1.165, 1.54) is 0 Å². The molecule has 0 aromatic heterocycles. The summed E-state index contributed by atoms with van der Waals surface area (Å²) in [5.41, 5.74) is 0. The highest BCUT2D eigenvalue weighted by atomic mass is 32.2. The van der Waals surface area contributed by atoms with Gasteiger partial charge in [-0.25, -0.2) is 0 Å². The Hall–Kier alpha value is -0.530. The van der Waals surface area contributed by atoms with E-state index in [0.29, 0.717) is 13.0 Å². The zero-order valence-corrected chi connectivity index (χ0v) is 6.93. The molecular weight excluding hydrogens is 164 g/mol. The molecule has 0 radical (unpaired) electrons. The van der Waals surface area contributed by atoms with Gasteiger partial charge in [-0.15, -0.1) is 12.3 Å². The normalized spacial score (nSPS) is 29.2. The number of rotatable bonds is 1. The highest BCUT2D eigenvalue weighted by Gasteiger charge is 2.28. The average molecular weight is 174 g/mol. The molecule has 0 aliphatic carbocycles. The van der Waals surface area contributed by atoms with Gasteiger partial charge in [0.1, 0.15) is 0 Å². The molecule has 1 unspecified atom stereocenters. The van der Waals surface area contributed by atoms with Gasteiger partial charge in [0, 0.05) is 6.42 Å². The molecule has 4 heteroatoms. The summed E-state index contributed by atoms with van der Waals surface area (Å²) < 4.78 is 26.7. The van der Waals surface area contributed by atoms with E-state index >= 15 is 0 Å². The number of hydrogen-bond acceptors (Lipinski definition) is 3. The molecule has 1 heterocycles. The first-order valence-electron chi connectivity index (χ1n) is 3.48. The molecule has 3 nitrogen and oxygen atoms in total. The largest absolute Gasteiger partial charge is 0.271 e. The molecule has 1 saturated heterocycles. The van der Waals surface area contributed by atoms with Crippen LogP contribution in [-0.4, -0.2) is 20.3 Å². The maximum absolute atomic E-state index is 11.1. The van der Waals surface area contributed by atoms with Crippen LogP contribution < -0.4 is 0 Å². The van der Waals surface area contributed by atoms with Crippen molar-refractivity contribution in [2.45, 2.75) is 24.5 Å². The number of hydrogen-bond donors (Lipinski definition) is 0. The minimum Gasteiger partial charge on any atom is -0.270 e. The molecule has 0 spiro atoms. The Morgan fingerprint density at radius 1 is 1.64 bits per heavy atom. The Balaban J connectivity index is 2.70. The lowest BCUT2D eigenvalue weighted by Crippen LogP contribution is -2.28. The lowest BCUT2D eigenvalue weighted by Gasteiger charge is -2.19. The van der Waals surface area contributed by atoms with Crippen molar-refractivity contribution < 1.29 is 12.6 Å². The van der Waals surface area contributed by atoms with Crippen molar-refractivity contribution >= 4 is 10.1 Å².